The SMILES string of the molecule is C=CCn1c(C)nnc1SCC(=O)N[C@H]1CCCc2ccccc21. The van der Waals surface area contributed by atoms with Gasteiger partial charge in [0.15, 0.2) is 5.16 Å². The van der Waals surface area contributed by atoms with Gasteiger partial charge < -0.3 is 9.88 Å². The summed E-state index contributed by atoms with van der Waals surface area (Å²) in [5, 5.41) is 12.1. The van der Waals surface area contributed by atoms with Crippen LogP contribution < -0.4 is 5.32 Å². The van der Waals surface area contributed by atoms with Crippen molar-refractivity contribution >= 4 is 17.7 Å². The molecule has 0 saturated carbocycles. The van der Waals surface area contributed by atoms with Crippen LogP contribution in [0.1, 0.15) is 35.8 Å². The van der Waals surface area contributed by atoms with Crippen LogP contribution in [0.5, 0.6) is 0 Å². The number of thioether (sulfide) groups is 1. The minimum Gasteiger partial charge on any atom is -0.349 e. The summed E-state index contributed by atoms with van der Waals surface area (Å²) in [6.07, 6.45) is 5.02. The van der Waals surface area contributed by atoms with E-state index in [0.29, 0.717) is 12.3 Å². The van der Waals surface area contributed by atoms with Crippen molar-refractivity contribution in [2.24, 2.45) is 0 Å². The first-order valence-electron chi connectivity index (χ1n) is 8.19. The van der Waals surface area contributed by atoms with Crippen LogP contribution in [0.4, 0.5) is 0 Å². The van der Waals surface area contributed by atoms with Crippen molar-refractivity contribution in [1.82, 2.24) is 20.1 Å². The summed E-state index contributed by atoms with van der Waals surface area (Å²) in [5.41, 5.74) is 2.61. The molecule has 1 aromatic heterocycles. The molecule has 0 radical (unpaired) electrons. The van der Waals surface area contributed by atoms with Gasteiger partial charge in [0.05, 0.1) is 11.8 Å². The van der Waals surface area contributed by atoms with E-state index in [9.17, 15) is 4.79 Å². The summed E-state index contributed by atoms with van der Waals surface area (Å²) in [4.78, 5) is 12.4. The molecule has 0 bridgehead atoms. The van der Waals surface area contributed by atoms with Gasteiger partial charge in [0.2, 0.25) is 5.91 Å². The van der Waals surface area contributed by atoms with Gasteiger partial charge in [0.25, 0.3) is 0 Å². The quantitative estimate of drug-likeness (QED) is 0.647. The second kappa shape index (κ2) is 7.66. The third kappa shape index (κ3) is 3.70. The van der Waals surface area contributed by atoms with Gasteiger partial charge in [-0.2, -0.15) is 0 Å². The van der Waals surface area contributed by atoms with E-state index in [0.717, 1.165) is 30.2 Å². The molecule has 1 heterocycles. The van der Waals surface area contributed by atoms with Gasteiger partial charge >= 0.3 is 0 Å². The molecule has 24 heavy (non-hydrogen) atoms. The number of aromatic nitrogens is 3. The number of carbonyl (C=O) groups is 1. The number of fused-ring (bicyclic) bond motifs is 1. The lowest BCUT2D eigenvalue weighted by Crippen LogP contribution is -2.32. The van der Waals surface area contributed by atoms with Crippen LogP contribution in [-0.2, 0) is 17.8 Å². The van der Waals surface area contributed by atoms with E-state index >= 15 is 0 Å². The van der Waals surface area contributed by atoms with E-state index in [1.807, 2.05) is 17.6 Å². The highest BCUT2D eigenvalue weighted by Crippen LogP contribution is 2.29. The number of hydrogen-bond donors (Lipinski definition) is 1. The Bertz CT molecular complexity index is 740. The molecule has 1 N–H and O–H groups in total. The molecule has 1 aliphatic rings. The van der Waals surface area contributed by atoms with Gasteiger partial charge in [0.1, 0.15) is 5.82 Å². The molecule has 0 aliphatic heterocycles. The molecule has 0 saturated heterocycles. The van der Waals surface area contributed by atoms with Gasteiger partial charge in [-0.3, -0.25) is 4.79 Å². The van der Waals surface area contributed by atoms with Crippen LogP contribution in [0.3, 0.4) is 0 Å². The molecular formula is C18H22N4OS. The number of nitrogens with one attached hydrogen (secondary N) is 1. The zero-order chi connectivity index (χ0) is 16.9. The van der Waals surface area contributed by atoms with Crippen LogP contribution in [0.2, 0.25) is 0 Å². The molecule has 1 amide bonds. The third-order valence-corrected chi connectivity index (χ3v) is 5.22. The molecule has 5 nitrogen and oxygen atoms in total. The summed E-state index contributed by atoms with van der Waals surface area (Å²) < 4.78 is 1.96. The Hall–Kier alpha value is -2.08. The maximum atomic E-state index is 12.4. The molecule has 2 aromatic rings. The van der Waals surface area contributed by atoms with Crippen molar-refractivity contribution in [1.29, 1.82) is 0 Å². The minimum absolute atomic E-state index is 0.0347. The van der Waals surface area contributed by atoms with E-state index in [1.165, 1.54) is 22.9 Å². The normalized spacial score (nSPS) is 16.5. The van der Waals surface area contributed by atoms with Crippen molar-refractivity contribution in [2.45, 2.75) is 43.9 Å². The van der Waals surface area contributed by atoms with Crippen molar-refractivity contribution < 1.29 is 4.79 Å². The topological polar surface area (TPSA) is 59.8 Å². The van der Waals surface area contributed by atoms with E-state index in [2.05, 4.69) is 40.3 Å². The Morgan fingerprint density at radius 3 is 3.12 bits per heavy atom. The fourth-order valence-electron chi connectivity index (χ4n) is 3.08. The zero-order valence-electron chi connectivity index (χ0n) is 13.9. The number of carbonyl (C=O) groups excluding carboxylic acids is 1. The highest BCUT2D eigenvalue weighted by Gasteiger charge is 2.21. The molecule has 0 unspecified atom stereocenters. The average molecular weight is 342 g/mol. The Morgan fingerprint density at radius 1 is 1.46 bits per heavy atom. The van der Waals surface area contributed by atoms with E-state index in [-0.39, 0.29) is 11.9 Å². The van der Waals surface area contributed by atoms with Gasteiger partial charge in [-0.05, 0) is 37.3 Å². The van der Waals surface area contributed by atoms with Crippen molar-refractivity contribution in [3.05, 3.63) is 53.9 Å². The number of allylic oxidation sites excluding steroid dienone is 1. The number of aryl methyl sites for hydroxylation is 2. The zero-order valence-corrected chi connectivity index (χ0v) is 14.7. The molecule has 1 aliphatic carbocycles. The van der Waals surface area contributed by atoms with Gasteiger partial charge in [0, 0.05) is 6.54 Å². The number of rotatable bonds is 6. The highest BCUT2D eigenvalue weighted by atomic mass is 32.2. The Labute approximate surface area is 146 Å². The molecule has 126 valence electrons. The fourth-order valence-corrected chi connectivity index (χ4v) is 3.88. The Kier molecular flexibility index (Phi) is 5.35. The maximum Gasteiger partial charge on any atom is 0.230 e. The third-order valence-electron chi connectivity index (χ3n) is 4.25. The number of benzene rings is 1. The first-order valence-corrected chi connectivity index (χ1v) is 9.18. The van der Waals surface area contributed by atoms with E-state index in [1.54, 1.807) is 6.08 Å². The number of amides is 1. The summed E-state index contributed by atoms with van der Waals surface area (Å²) in [5.74, 6) is 1.21. The first-order chi connectivity index (χ1) is 11.7. The fraction of sp³-hybridized carbons (Fsp3) is 0.389. The maximum absolute atomic E-state index is 12.4. The molecule has 0 spiro atoms. The molecule has 0 fully saturated rings. The summed E-state index contributed by atoms with van der Waals surface area (Å²) in [6.45, 7) is 6.30. The van der Waals surface area contributed by atoms with Gasteiger partial charge in [-0.1, -0.05) is 42.1 Å². The van der Waals surface area contributed by atoms with Crippen LogP contribution in [-0.4, -0.2) is 26.4 Å². The number of nitrogens with zero attached hydrogens (tertiary/aromatic N) is 3. The summed E-state index contributed by atoms with van der Waals surface area (Å²) in [7, 11) is 0. The molecule has 3 rings (SSSR count). The second-order valence-electron chi connectivity index (χ2n) is 5.93. The first kappa shape index (κ1) is 16.8. The van der Waals surface area contributed by atoms with Crippen molar-refractivity contribution in [2.75, 3.05) is 5.75 Å². The van der Waals surface area contributed by atoms with E-state index < -0.39 is 0 Å². The highest BCUT2D eigenvalue weighted by molar-refractivity contribution is 7.99. The molecular weight excluding hydrogens is 320 g/mol. The van der Waals surface area contributed by atoms with Gasteiger partial charge in [-0.25, -0.2) is 0 Å². The van der Waals surface area contributed by atoms with Crippen molar-refractivity contribution in [3.63, 3.8) is 0 Å². The smallest absolute Gasteiger partial charge is 0.230 e. The lowest BCUT2D eigenvalue weighted by Gasteiger charge is -2.26. The second-order valence-corrected chi connectivity index (χ2v) is 6.87. The molecule has 6 heteroatoms. The van der Waals surface area contributed by atoms with Crippen LogP contribution in [0.15, 0.2) is 42.1 Å². The summed E-state index contributed by atoms with van der Waals surface area (Å²) in [6, 6.07) is 8.50. The largest absolute Gasteiger partial charge is 0.349 e. The molecule has 1 aromatic carbocycles. The standard InChI is InChI=1S/C18H22N4OS/c1-3-11-22-13(2)20-21-18(22)24-12-17(23)19-16-10-6-8-14-7-4-5-9-15(14)16/h3-5,7,9,16H,1,6,8,10-12H2,2H3,(H,19,23)/t16-/m0/s1. The lowest BCUT2D eigenvalue weighted by molar-refractivity contribution is -0.119. The van der Waals surface area contributed by atoms with Gasteiger partial charge in [-0.15, -0.1) is 16.8 Å². The van der Waals surface area contributed by atoms with Crippen LogP contribution in [0, 0.1) is 6.92 Å². The lowest BCUT2D eigenvalue weighted by atomic mass is 9.88. The Morgan fingerprint density at radius 2 is 2.29 bits per heavy atom. The molecule has 1 atom stereocenters. The van der Waals surface area contributed by atoms with E-state index in [4.69, 9.17) is 0 Å². The van der Waals surface area contributed by atoms with Crippen LogP contribution >= 0.6 is 11.8 Å². The predicted molar refractivity (Wildman–Crippen MR) is 95.9 cm³/mol. The monoisotopic (exact) mass is 342 g/mol. The van der Waals surface area contributed by atoms with Crippen molar-refractivity contribution in [3.8, 4) is 0 Å². The summed E-state index contributed by atoms with van der Waals surface area (Å²) >= 11 is 1.42. The Balaban J connectivity index is 1.60. The van der Waals surface area contributed by atoms with Crippen LogP contribution in [0.25, 0.3) is 0 Å². The average Bonchev–Trinajstić information content (AvgIpc) is 2.94. The predicted octanol–water partition coefficient (Wildman–Crippen LogP) is 3.06. The number of hydrogen-bond acceptors (Lipinski definition) is 4. The minimum atomic E-state index is 0.0347.